The third-order valence-corrected chi connectivity index (χ3v) is 2.46. The van der Waals surface area contributed by atoms with E-state index in [-0.39, 0.29) is 0 Å². The number of azide groups is 1. The fourth-order valence-electron chi connectivity index (χ4n) is 1.67. The van der Waals surface area contributed by atoms with Crippen LogP contribution < -0.4 is 5.32 Å². The van der Waals surface area contributed by atoms with Crippen molar-refractivity contribution in [2.45, 2.75) is 19.4 Å². The molecule has 0 radical (unpaired) electrons. The van der Waals surface area contributed by atoms with Gasteiger partial charge >= 0.3 is 5.97 Å². The molecular weight excluding hydrogens is 236 g/mol. The molecule has 0 spiro atoms. The normalized spacial score (nSPS) is 11.9. The van der Waals surface area contributed by atoms with E-state index in [1.54, 1.807) is 24.9 Å². The van der Waals surface area contributed by atoms with Gasteiger partial charge in [0.15, 0.2) is 0 Å². The second-order valence-electron chi connectivity index (χ2n) is 3.88. The van der Waals surface area contributed by atoms with Crippen molar-refractivity contribution in [1.82, 2.24) is 15.1 Å². The van der Waals surface area contributed by atoms with Gasteiger partial charge in [-0.05, 0) is 25.4 Å². The number of rotatable bonds is 7. The summed E-state index contributed by atoms with van der Waals surface area (Å²) >= 11 is 0. The van der Waals surface area contributed by atoms with Crippen molar-refractivity contribution in [3.05, 3.63) is 27.9 Å². The molecule has 0 aromatic carbocycles. The van der Waals surface area contributed by atoms with Crippen molar-refractivity contribution in [3.8, 4) is 0 Å². The Morgan fingerprint density at radius 1 is 1.78 bits per heavy atom. The molecule has 0 fully saturated rings. The standard InChI is InChI=1S/C10H16N6O2/c1-7-8(6-16(2)14-7)9(10(17)18)12-4-3-5-13-15-11/h6,9,12H,3-5H2,1-2H3,(H,17,18). The predicted molar refractivity (Wildman–Crippen MR) is 65.0 cm³/mol. The van der Waals surface area contributed by atoms with Crippen molar-refractivity contribution in [3.63, 3.8) is 0 Å². The Labute approximate surface area is 104 Å². The molecule has 8 nitrogen and oxygen atoms in total. The average molecular weight is 252 g/mol. The average Bonchev–Trinajstić information content (AvgIpc) is 2.62. The Morgan fingerprint density at radius 3 is 3.00 bits per heavy atom. The van der Waals surface area contributed by atoms with Gasteiger partial charge in [-0.15, -0.1) is 0 Å². The van der Waals surface area contributed by atoms with Crippen LogP contribution in [0.3, 0.4) is 0 Å². The highest BCUT2D eigenvalue weighted by atomic mass is 16.4. The summed E-state index contributed by atoms with van der Waals surface area (Å²) in [6.45, 7) is 2.58. The summed E-state index contributed by atoms with van der Waals surface area (Å²) in [6, 6.07) is -0.787. The minimum absolute atomic E-state index is 0.349. The summed E-state index contributed by atoms with van der Waals surface area (Å²) in [5.74, 6) is -0.949. The van der Waals surface area contributed by atoms with Crippen LogP contribution in [0.15, 0.2) is 11.3 Å². The zero-order valence-corrected chi connectivity index (χ0v) is 10.4. The quantitative estimate of drug-likeness (QED) is 0.327. The van der Waals surface area contributed by atoms with Gasteiger partial charge in [-0.2, -0.15) is 5.10 Å². The van der Waals surface area contributed by atoms with E-state index in [9.17, 15) is 9.90 Å². The Kier molecular flexibility index (Phi) is 5.16. The SMILES string of the molecule is Cc1nn(C)cc1C(NCCCN=[N+]=[N-])C(=O)O. The lowest BCUT2D eigenvalue weighted by atomic mass is 10.1. The molecule has 0 amide bonds. The maximum Gasteiger partial charge on any atom is 0.325 e. The van der Waals surface area contributed by atoms with Crippen molar-refractivity contribution in [2.75, 3.05) is 13.1 Å². The molecule has 8 heteroatoms. The molecule has 1 heterocycles. The Hall–Kier alpha value is -2.05. The molecule has 0 aliphatic heterocycles. The molecule has 18 heavy (non-hydrogen) atoms. The molecule has 1 rings (SSSR count). The number of nitrogens with one attached hydrogen (secondary N) is 1. The van der Waals surface area contributed by atoms with Crippen molar-refractivity contribution >= 4 is 5.97 Å². The van der Waals surface area contributed by atoms with Gasteiger partial charge < -0.3 is 10.4 Å². The van der Waals surface area contributed by atoms with Crippen LogP contribution >= 0.6 is 0 Å². The summed E-state index contributed by atoms with van der Waals surface area (Å²) < 4.78 is 1.59. The number of hydrogen-bond acceptors (Lipinski definition) is 4. The van der Waals surface area contributed by atoms with Crippen LogP contribution in [0, 0.1) is 6.92 Å². The van der Waals surface area contributed by atoms with E-state index in [2.05, 4.69) is 20.4 Å². The molecule has 0 bridgehead atoms. The molecule has 0 saturated carbocycles. The molecule has 0 saturated heterocycles. The smallest absolute Gasteiger partial charge is 0.325 e. The van der Waals surface area contributed by atoms with Crippen molar-refractivity contribution in [2.24, 2.45) is 12.2 Å². The van der Waals surface area contributed by atoms with Crippen LogP contribution in [0.2, 0.25) is 0 Å². The van der Waals surface area contributed by atoms with E-state index in [1.165, 1.54) is 0 Å². The number of aromatic nitrogens is 2. The monoisotopic (exact) mass is 252 g/mol. The summed E-state index contributed by atoms with van der Waals surface area (Å²) in [6.07, 6.45) is 2.28. The maximum atomic E-state index is 11.2. The van der Waals surface area contributed by atoms with E-state index in [4.69, 9.17) is 5.53 Å². The van der Waals surface area contributed by atoms with Crippen LogP contribution in [-0.4, -0.2) is 33.9 Å². The zero-order valence-electron chi connectivity index (χ0n) is 10.4. The predicted octanol–water partition coefficient (Wildman–Crippen LogP) is 1.14. The Morgan fingerprint density at radius 2 is 2.50 bits per heavy atom. The second-order valence-corrected chi connectivity index (χ2v) is 3.88. The van der Waals surface area contributed by atoms with Gasteiger partial charge in [0.2, 0.25) is 0 Å². The molecule has 2 N–H and O–H groups in total. The third kappa shape index (κ3) is 3.76. The number of carbonyl (C=O) groups is 1. The van der Waals surface area contributed by atoms with Crippen LogP contribution in [0.4, 0.5) is 0 Å². The first-order chi connectivity index (χ1) is 8.56. The lowest BCUT2D eigenvalue weighted by Gasteiger charge is -2.13. The molecule has 1 aromatic rings. The third-order valence-electron chi connectivity index (χ3n) is 2.46. The van der Waals surface area contributed by atoms with Crippen molar-refractivity contribution < 1.29 is 9.90 Å². The maximum absolute atomic E-state index is 11.2. The number of hydrogen-bond donors (Lipinski definition) is 2. The first kappa shape index (κ1) is 14.0. The molecular formula is C10H16N6O2. The highest BCUT2D eigenvalue weighted by molar-refractivity contribution is 5.75. The van der Waals surface area contributed by atoms with E-state index >= 15 is 0 Å². The number of nitrogens with zero attached hydrogens (tertiary/aromatic N) is 5. The van der Waals surface area contributed by atoms with Gasteiger partial charge in [0.1, 0.15) is 6.04 Å². The van der Waals surface area contributed by atoms with E-state index in [0.717, 1.165) is 0 Å². The van der Waals surface area contributed by atoms with Crippen LogP contribution in [-0.2, 0) is 11.8 Å². The first-order valence-corrected chi connectivity index (χ1v) is 5.53. The number of carboxylic acid groups (broad SMARTS) is 1. The molecule has 1 aromatic heterocycles. The number of carboxylic acids is 1. The fraction of sp³-hybridized carbons (Fsp3) is 0.600. The lowest BCUT2D eigenvalue weighted by Crippen LogP contribution is -2.29. The van der Waals surface area contributed by atoms with E-state index in [1.807, 2.05) is 0 Å². The Balaban J connectivity index is 2.63. The van der Waals surface area contributed by atoms with Gasteiger partial charge in [-0.25, -0.2) is 0 Å². The molecule has 1 atom stereocenters. The molecule has 98 valence electrons. The summed E-state index contributed by atoms with van der Waals surface area (Å²) in [5, 5.41) is 19.6. The van der Waals surface area contributed by atoms with Crippen LogP contribution in [0.25, 0.3) is 10.4 Å². The highest BCUT2D eigenvalue weighted by Gasteiger charge is 2.22. The summed E-state index contributed by atoms with van der Waals surface area (Å²) in [7, 11) is 1.75. The minimum atomic E-state index is -0.949. The number of aliphatic carboxylic acids is 1. The first-order valence-electron chi connectivity index (χ1n) is 5.53. The van der Waals surface area contributed by atoms with Gasteiger partial charge in [-0.1, -0.05) is 5.11 Å². The van der Waals surface area contributed by atoms with Gasteiger partial charge in [0, 0.05) is 30.3 Å². The molecule has 0 aliphatic rings. The minimum Gasteiger partial charge on any atom is -0.480 e. The van der Waals surface area contributed by atoms with Crippen LogP contribution in [0.5, 0.6) is 0 Å². The largest absolute Gasteiger partial charge is 0.480 e. The molecule has 0 aliphatic carbocycles. The number of aryl methyl sites for hydroxylation is 2. The van der Waals surface area contributed by atoms with Crippen molar-refractivity contribution in [1.29, 1.82) is 0 Å². The zero-order chi connectivity index (χ0) is 13.5. The molecule has 1 unspecified atom stereocenters. The Bertz CT molecular complexity index is 463. The highest BCUT2D eigenvalue weighted by Crippen LogP contribution is 2.16. The van der Waals surface area contributed by atoms with Gasteiger partial charge in [-0.3, -0.25) is 9.48 Å². The fourth-order valence-corrected chi connectivity index (χ4v) is 1.67. The van der Waals surface area contributed by atoms with Crippen LogP contribution in [0.1, 0.15) is 23.7 Å². The van der Waals surface area contributed by atoms with Gasteiger partial charge in [0.25, 0.3) is 0 Å². The lowest BCUT2D eigenvalue weighted by molar-refractivity contribution is -0.139. The topological polar surface area (TPSA) is 116 Å². The van der Waals surface area contributed by atoms with E-state index in [0.29, 0.717) is 30.8 Å². The second kappa shape index (κ2) is 6.63. The summed E-state index contributed by atoms with van der Waals surface area (Å²) in [4.78, 5) is 13.8. The summed E-state index contributed by atoms with van der Waals surface area (Å²) in [5.41, 5.74) is 9.45. The van der Waals surface area contributed by atoms with Gasteiger partial charge in [0.05, 0.1) is 5.69 Å². The van der Waals surface area contributed by atoms with E-state index < -0.39 is 12.0 Å².